The van der Waals surface area contributed by atoms with E-state index in [1.165, 1.54) is 0 Å². The summed E-state index contributed by atoms with van der Waals surface area (Å²) in [6.07, 6.45) is 1.61. The fourth-order valence-electron chi connectivity index (χ4n) is 1.49. The third-order valence-corrected chi connectivity index (χ3v) is 3.42. The van der Waals surface area contributed by atoms with Crippen molar-refractivity contribution < 1.29 is 14.7 Å². The molecule has 6 nitrogen and oxygen atoms in total. The topological polar surface area (TPSA) is 92.2 Å². The first-order chi connectivity index (χ1) is 9.06. The molecule has 0 unspecified atom stereocenters. The average molecular weight is 277 g/mol. The standard InChI is InChI=1S/C12H11N3O3S/c1-7-11(12(17)18)19-10(14-7)6-9(16)15-8-4-2-3-5-13-8/h2-5H,6H2,1H3,(H,17,18)(H,13,15,16). The first-order valence-corrected chi connectivity index (χ1v) is 6.28. The number of amides is 1. The summed E-state index contributed by atoms with van der Waals surface area (Å²) in [6.45, 7) is 1.61. The van der Waals surface area contributed by atoms with Crippen molar-refractivity contribution in [3.8, 4) is 0 Å². The summed E-state index contributed by atoms with van der Waals surface area (Å²) < 4.78 is 0. The van der Waals surface area contributed by atoms with E-state index in [0.29, 0.717) is 16.5 Å². The van der Waals surface area contributed by atoms with E-state index in [2.05, 4.69) is 15.3 Å². The van der Waals surface area contributed by atoms with Crippen molar-refractivity contribution in [2.75, 3.05) is 5.32 Å². The second-order valence-electron chi connectivity index (χ2n) is 3.77. The van der Waals surface area contributed by atoms with Crippen molar-refractivity contribution in [3.63, 3.8) is 0 Å². The number of rotatable bonds is 4. The van der Waals surface area contributed by atoms with E-state index < -0.39 is 5.97 Å². The van der Waals surface area contributed by atoms with Gasteiger partial charge in [0.05, 0.1) is 12.1 Å². The molecule has 2 rings (SSSR count). The molecule has 2 aromatic heterocycles. The molecule has 0 aliphatic rings. The van der Waals surface area contributed by atoms with Crippen LogP contribution in [0.3, 0.4) is 0 Å². The van der Waals surface area contributed by atoms with Gasteiger partial charge in [-0.1, -0.05) is 6.07 Å². The quantitative estimate of drug-likeness (QED) is 0.887. The van der Waals surface area contributed by atoms with Gasteiger partial charge in [0.2, 0.25) is 5.91 Å². The molecule has 1 amide bonds. The molecule has 2 N–H and O–H groups in total. The molecule has 0 saturated carbocycles. The number of thiazole rings is 1. The average Bonchev–Trinajstić information content (AvgIpc) is 2.71. The number of carbonyl (C=O) groups excluding carboxylic acids is 1. The zero-order valence-electron chi connectivity index (χ0n) is 10.1. The van der Waals surface area contributed by atoms with Crippen molar-refractivity contribution in [1.82, 2.24) is 9.97 Å². The highest BCUT2D eigenvalue weighted by atomic mass is 32.1. The molecule has 0 atom stereocenters. The Kier molecular flexibility index (Phi) is 3.86. The Balaban J connectivity index is 2.03. The van der Waals surface area contributed by atoms with Gasteiger partial charge in [-0.3, -0.25) is 4.79 Å². The third kappa shape index (κ3) is 3.35. The molecule has 0 aliphatic heterocycles. The van der Waals surface area contributed by atoms with Crippen LogP contribution in [-0.4, -0.2) is 27.0 Å². The van der Waals surface area contributed by atoms with E-state index >= 15 is 0 Å². The van der Waals surface area contributed by atoms with Crippen molar-refractivity contribution in [1.29, 1.82) is 0 Å². The van der Waals surface area contributed by atoms with Gasteiger partial charge in [-0.25, -0.2) is 14.8 Å². The second-order valence-corrected chi connectivity index (χ2v) is 4.85. The smallest absolute Gasteiger partial charge is 0.347 e. The maximum Gasteiger partial charge on any atom is 0.347 e. The fourth-order valence-corrected chi connectivity index (χ4v) is 2.39. The fraction of sp³-hybridized carbons (Fsp3) is 0.167. The number of carboxylic acid groups (broad SMARTS) is 1. The summed E-state index contributed by atoms with van der Waals surface area (Å²) in [7, 11) is 0. The summed E-state index contributed by atoms with van der Waals surface area (Å²) >= 11 is 1.01. The van der Waals surface area contributed by atoms with Crippen LogP contribution in [0, 0.1) is 6.92 Å². The van der Waals surface area contributed by atoms with Gasteiger partial charge in [-0.15, -0.1) is 11.3 Å². The molecule has 0 spiro atoms. The Bertz CT molecular complexity index is 610. The number of pyridine rings is 1. The molecule has 0 fully saturated rings. The highest BCUT2D eigenvalue weighted by molar-refractivity contribution is 7.13. The van der Waals surface area contributed by atoms with Crippen LogP contribution in [0.25, 0.3) is 0 Å². The maximum atomic E-state index is 11.7. The van der Waals surface area contributed by atoms with Crippen molar-refractivity contribution in [2.24, 2.45) is 0 Å². The Labute approximate surface area is 113 Å². The number of hydrogen-bond donors (Lipinski definition) is 2. The van der Waals surface area contributed by atoms with E-state index in [0.717, 1.165) is 11.3 Å². The number of aromatic nitrogens is 2. The molecular weight excluding hydrogens is 266 g/mol. The predicted octanol–water partition coefficient (Wildman–Crippen LogP) is 1.73. The van der Waals surface area contributed by atoms with E-state index in [4.69, 9.17) is 5.11 Å². The van der Waals surface area contributed by atoms with Gasteiger partial charge in [0, 0.05) is 6.20 Å². The molecule has 0 aromatic carbocycles. The predicted molar refractivity (Wildman–Crippen MR) is 70.4 cm³/mol. The summed E-state index contributed by atoms with van der Waals surface area (Å²) in [4.78, 5) is 30.8. The van der Waals surface area contributed by atoms with Gasteiger partial charge in [-0.2, -0.15) is 0 Å². The van der Waals surface area contributed by atoms with E-state index in [-0.39, 0.29) is 17.2 Å². The van der Waals surface area contributed by atoms with Gasteiger partial charge in [0.15, 0.2) is 0 Å². The number of aromatic carboxylic acids is 1. The first-order valence-electron chi connectivity index (χ1n) is 5.46. The molecular formula is C12H11N3O3S. The molecule has 7 heteroatoms. The molecule has 0 saturated heterocycles. The molecule has 2 heterocycles. The number of anilines is 1. The number of nitrogens with one attached hydrogen (secondary N) is 1. The van der Waals surface area contributed by atoms with Crippen LogP contribution in [0.1, 0.15) is 20.4 Å². The molecule has 2 aromatic rings. The minimum absolute atomic E-state index is 0.0371. The zero-order valence-corrected chi connectivity index (χ0v) is 10.9. The SMILES string of the molecule is Cc1nc(CC(=O)Nc2ccccn2)sc1C(=O)O. The van der Waals surface area contributed by atoms with E-state index in [1.807, 2.05) is 0 Å². The van der Waals surface area contributed by atoms with Gasteiger partial charge in [0.1, 0.15) is 15.7 Å². The monoisotopic (exact) mass is 277 g/mol. The highest BCUT2D eigenvalue weighted by Gasteiger charge is 2.16. The molecule has 19 heavy (non-hydrogen) atoms. The lowest BCUT2D eigenvalue weighted by Gasteiger charge is -2.01. The Morgan fingerprint density at radius 2 is 2.21 bits per heavy atom. The summed E-state index contributed by atoms with van der Waals surface area (Å²) in [5.41, 5.74) is 0.429. The largest absolute Gasteiger partial charge is 0.477 e. The van der Waals surface area contributed by atoms with Gasteiger partial charge >= 0.3 is 5.97 Å². The summed E-state index contributed by atoms with van der Waals surface area (Å²) in [5.74, 6) is -0.838. The Morgan fingerprint density at radius 3 is 2.79 bits per heavy atom. The highest BCUT2D eigenvalue weighted by Crippen LogP contribution is 2.18. The number of hydrogen-bond acceptors (Lipinski definition) is 5. The van der Waals surface area contributed by atoms with Gasteiger partial charge in [0.25, 0.3) is 0 Å². The van der Waals surface area contributed by atoms with Crippen LogP contribution in [0.5, 0.6) is 0 Å². The van der Waals surface area contributed by atoms with Crippen LogP contribution in [-0.2, 0) is 11.2 Å². The van der Waals surface area contributed by atoms with Crippen molar-refractivity contribution in [3.05, 3.63) is 40.0 Å². The maximum absolute atomic E-state index is 11.7. The molecule has 0 bridgehead atoms. The minimum atomic E-state index is -1.02. The van der Waals surface area contributed by atoms with Crippen molar-refractivity contribution >= 4 is 29.0 Å². The Morgan fingerprint density at radius 1 is 1.42 bits per heavy atom. The zero-order chi connectivity index (χ0) is 13.8. The lowest BCUT2D eigenvalue weighted by Crippen LogP contribution is -2.15. The third-order valence-electron chi connectivity index (χ3n) is 2.28. The molecule has 0 aliphatic carbocycles. The van der Waals surface area contributed by atoms with Gasteiger partial charge < -0.3 is 10.4 Å². The van der Waals surface area contributed by atoms with E-state index in [1.54, 1.807) is 31.3 Å². The molecule has 0 radical (unpaired) electrons. The van der Waals surface area contributed by atoms with E-state index in [9.17, 15) is 9.59 Å². The lowest BCUT2D eigenvalue weighted by atomic mass is 10.4. The normalized spacial score (nSPS) is 10.2. The summed E-state index contributed by atoms with van der Waals surface area (Å²) in [6, 6.07) is 5.19. The lowest BCUT2D eigenvalue weighted by molar-refractivity contribution is -0.115. The first kappa shape index (κ1) is 13.2. The minimum Gasteiger partial charge on any atom is -0.477 e. The number of aryl methyl sites for hydroxylation is 1. The Hall–Kier alpha value is -2.28. The van der Waals surface area contributed by atoms with Crippen molar-refractivity contribution in [2.45, 2.75) is 13.3 Å². The van der Waals surface area contributed by atoms with Crippen LogP contribution in [0.15, 0.2) is 24.4 Å². The van der Waals surface area contributed by atoms with Crippen LogP contribution in [0.4, 0.5) is 5.82 Å². The number of carboxylic acids is 1. The molecule has 98 valence electrons. The van der Waals surface area contributed by atoms with Crippen LogP contribution < -0.4 is 5.32 Å². The summed E-state index contributed by atoms with van der Waals surface area (Å²) in [5, 5.41) is 12.0. The number of nitrogens with zero attached hydrogens (tertiary/aromatic N) is 2. The second kappa shape index (κ2) is 5.57. The van der Waals surface area contributed by atoms with Gasteiger partial charge in [-0.05, 0) is 19.1 Å². The number of carbonyl (C=O) groups is 2. The van der Waals surface area contributed by atoms with Crippen LogP contribution >= 0.6 is 11.3 Å². The van der Waals surface area contributed by atoms with Crippen LogP contribution in [0.2, 0.25) is 0 Å².